The average Bonchev–Trinajstić information content (AvgIpc) is 3.29. The number of hydrogen-bond donors (Lipinski definition) is 1. The maximum absolute atomic E-state index is 12.9. The molecule has 1 N–H and O–H groups in total. The fourth-order valence-electron chi connectivity index (χ4n) is 3.95. The number of furan rings is 1. The van der Waals surface area contributed by atoms with E-state index in [1.54, 1.807) is 19.9 Å². The number of nitrogens with one attached hydrogen (secondary N) is 1. The molecule has 0 spiro atoms. The van der Waals surface area contributed by atoms with Gasteiger partial charge in [-0.2, -0.15) is 4.72 Å². The van der Waals surface area contributed by atoms with Crippen molar-refractivity contribution in [2.45, 2.75) is 38.6 Å². The number of sulfonamides is 1. The molecule has 4 rings (SSSR count). The molecule has 2 aromatic heterocycles. The van der Waals surface area contributed by atoms with Crippen LogP contribution < -0.4 is 4.72 Å². The topological polar surface area (TPSA) is 90.5 Å². The maximum Gasteiger partial charge on any atom is 0.324 e. The van der Waals surface area contributed by atoms with E-state index in [9.17, 15) is 13.2 Å². The Morgan fingerprint density at radius 1 is 0.969 bits per heavy atom. The molecule has 0 saturated heterocycles. The van der Waals surface area contributed by atoms with Gasteiger partial charge in [0.05, 0.1) is 12.0 Å². The summed E-state index contributed by atoms with van der Waals surface area (Å²) in [4.78, 5) is 12.0. The fourth-order valence-corrected chi connectivity index (χ4v) is 5.29. The van der Waals surface area contributed by atoms with Crippen LogP contribution in [0.4, 0.5) is 0 Å². The van der Waals surface area contributed by atoms with Crippen molar-refractivity contribution < 1.29 is 22.4 Å². The van der Waals surface area contributed by atoms with Gasteiger partial charge in [0, 0.05) is 40.0 Å². The van der Waals surface area contributed by atoms with E-state index in [0.717, 1.165) is 27.8 Å². The number of fused-ring (bicyclic) bond motifs is 3. The molecule has 0 aliphatic heterocycles. The fraction of sp³-hybridized carbons (Fsp3) is 0.292. The Kier molecular flexibility index (Phi) is 5.60. The number of aryl methyl sites for hydroxylation is 2. The zero-order chi connectivity index (χ0) is 23.2. The van der Waals surface area contributed by atoms with Gasteiger partial charge in [0.15, 0.2) is 0 Å². The lowest BCUT2D eigenvalue weighted by molar-refractivity contribution is -0.143. The second-order valence-electron chi connectivity index (χ2n) is 8.26. The standard InChI is InChI=1S/C24H26N2O5S/c1-14(2)23(24(27)30-5)25-32(28,29)18-9-11-20-19-10-8-17(12-21(19)31-22(20)13-18)26-15(3)6-7-16(26)4/h6-14,23,25H,1-5H3/t23-/m0/s1. The van der Waals surface area contributed by atoms with E-state index < -0.39 is 22.0 Å². The van der Waals surface area contributed by atoms with Crippen molar-refractivity contribution in [1.82, 2.24) is 9.29 Å². The minimum atomic E-state index is -3.96. The lowest BCUT2D eigenvalue weighted by atomic mass is 10.1. The van der Waals surface area contributed by atoms with Gasteiger partial charge in [0.25, 0.3) is 0 Å². The molecule has 32 heavy (non-hydrogen) atoms. The molecule has 0 unspecified atom stereocenters. The Bertz CT molecular complexity index is 1410. The smallest absolute Gasteiger partial charge is 0.324 e. The van der Waals surface area contributed by atoms with Gasteiger partial charge in [0.1, 0.15) is 17.2 Å². The Morgan fingerprint density at radius 2 is 1.56 bits per heavy atom. The predicted octanol–water partition coefficient (Wildman–Crippen LogP) is 4.47. The molecule has 0 aliphatic rings. The number of ether oxygens (including phenoxy) is 1. The van der Waals surface area contributed by atoms with Crippen LogP contribution >= 0.6 is 0 Å². The third-order valence-electron chi connectivity index (χ3n) is 5.67. The highest BCUT2D eigenvalue weighted by atomic mass is 32.2. The first-order chi connectivity index (χ1) is 15.1. The van der Waals surface area contributed by atoms with E-state index in [4.69, 9.17) is 9.15 Å². The Hall–Kier alpha value is -3.10. The van der Waals surface area contributed by atoms with E-state index in [2.05, 4.69) is 21.4 Å². The summed E-state index contributed by atoms with van der Waals surface area (Å²) in [5, 5.41) is 1.72. The molecule has 0 fully saturated rings. The summed E-state index contributed by atoms with van der Waals surface area (Å²) in [6, 6.07) is 13.8. The predicted molar refractivity (Wildman–Crippen MR) is 123 cm³/mol. The molecule has 2 heterocycles. The summed E-state index contributed by atoms with van der Waals surface area (Å²) in [5.41, 5.74) is 4.33. The van der Waals surface area contributed by atoms with Crippen LogP contribution in [0, 0.1) is 19.8 Å². The third-order valence-corrected chi connectivity index (χ3v) is 7.11. The molecular weight excluding hydrogens is 428 g/mol. The Morgan fingerprint density at radius 3 is 2.16 bits per heavy atom. The SMILES string of the molecule is COC(=O)[C@@H](NS(=O)(=O)c1ccc2c(c1)oc1cc(-n3c(C)ccc3C)ccc12)C(C)C. The van der Waals surface area contributed by atoms with E-state index >= 15 is 0 Å². The first-order valence-corrected chi connectivity index (χ1v) is 11.8. The minimum absolute atomic E-state index is 0.0240. The van der Waals surface area contributed by atoms with Gasteiger partial charge < -0.3 is 13.7 Å². The van der Waals surface area contributed by atoms with Gasteiger partial charge >= 0.3 is 5.97 Å². The molecular formula is C24H26N2O5S. The normalized spacial score (nSPS) is 13.2. The highest BCUT2D eigenvalue weighted by molar-refractivity contribution is 7.89. The van der Waals surface area contributed by atoms with Crippen molar-refractivity contribution in [1.29, 1.82) is 0 Å². The molecule has 0 radical (unpaired) electrons. The molecule has 0 amide bonds. The summed E-state index contributed by atoms with van der Waals surface area (Å²) in [5.74, 6) is -0.900. The molecule has 0 aliphatic carbocycles. The van der Waals surface area contributed by atoms with Gasteiger partial charge in [-0.1, -0.05) is 13.8 Å². The number of carbonyl (C=O) groups is 1. The number of esters is 1. The molecule has 2 aromatic carbocycles. The van der Waals surface area contributed by atoms with E-state index in [1.807, 2.05) is 32.0 Å². The first-order valence-electron chi connectivity index (χ1n) is 10.3. The highest BCUT2D eigenvalue weighted by Crippen LogP contribution is 2.32. The minimum Gasteiger partial charge on any atom is -0.468 e. The highest BCUT2D eigenvalue weighted by Gasteiger charge is 2.29. The summed E-state index contributed by atoms with van der Waals surface area (Å²) >= 11 is 0. The van der Waals surface area contributed by atoms with Gasteiger partial charge in [-0.3, -0.25) is 4.79 Å². The van der Waals surface area contributed by atoms with Crippen LogP contribution in [-0.2, 0) is 19.6 Å². The first kappa shape index (κ1) is 22.1. The quantitative estimate of drug-likeness (QED) is 0.434. The van der Waals surface area contributed by atoms with Crippen molar-refractivity contribution in [2.75, 3.05) is 7.11 Å². The van der Waals surface area contributed by atoms with Crippen molar-refractivity contribution >= 4 is 37.9 Å². The molecule has 0 saturated carbocycles. The van der Waals surface area contributed by atoms with Crippen molar-refractivity contribution in [3.8, 4) is 5.69 Å². The molecule has 8 heteroatoms. The number of nitrogens with zero attached hydrogens (tertiary/aromatic N) is 1. The summed E-state index contributed by atoms with van der Waals surface area (Å²) in [6.45, 7) is 7.58. The second kappa shape index (κ2) is 8.11. The number of methoxy groups -OCH3 is 1. The molecule has 7 nitrogen and oxygen atoms in total. The summed E-state index contributed by atoms with van der Waals surface area (Å²) in [6.07, 6.45) is 0. The molecule has 4 aromatic rings. The zero-order valence-corrected chi connectivity index (χ0v) is 19.5. The number of carbonyl (C=O) groups excluding carboxylic acids is 1. The summed E-state index contributed by atoms with van der Waals surface area (Å²) < 4.78 is 41.2. The lowest BCUT2D eigenvalue weighted by Crippen LogP contribution is -2.44. The van der Waals surface area contributed by atoms with Crippen molar-refractivity contribution in [3.05, 3.63) is 59.9 Å². The van der Waals surface area contributed by atoms with Crippen LogP contribution in [0.1, 0.15) is 25.2 Å². The van der Waals surface area contributed by atoms with E-state index in [0.29, 0.717) is 11.2 Å². The Balaban J connectivity index is 1.75. The van der Waals surface area contributed by atoms with Crippen LogP contribution in [0.15, 0.2) is 57.8 Å². The Labute approximate surface area is 187 Å². The number of aromatic nitrogens is 1. The van der Waals surface area contributed by atoms with Gasteiger partial charge in [-0.15, -0.1) is 0 Å². The number of benzene rings is 2. The van der Waals surface area contributed by atoms with Gasteiger partial charge in [-0.25, -0.2) is 8.42 Å². The van der Waals surface area contributed by atoms with Crippen molar-refractivity contribution in [3.63, 3.8) is 0 Å². The van der Waals surface area contributed by atoms with Gasteiger partial charge in [0.2, 0.25) is 10.0 Å². The van der Waals surface area contributed by atoms with E-state index in [-0.39, 0.29) is 10.8 Å². The third kappa shape index (κ3) is 3.80. The second-order valence-corrected chi connectivity index (χ2v) is 9.97. The molecule has 0 bridgehead atoms. The van der Waals surface area contributed by atoms with Crippen LogP contribution in [0.25, 0.3) is 27.6 Å². The average molecular weight is 455 g/mol. The largest absolute Gasteiger partial charge is 0.468 e. The van der Waals surface area contributed by atoms with Crippen LogP contribution in [0.2, 0.25) is 0 Å². The van der Waals surface area contributed by atoms with E-state index in [1.165, 1.54) is 19.2 Å². The number of rotatable bonds is 6. The summed E-state index contributed by atoms with van der Waals surface area (Å²) in [7, 11) is -2.72. The zero-order valence-electron chi connectivity index (χ0n) is 18.7. The maximum atomic E-state index is 12.9. The van der Waals surface area contributed by atoms with Gasteiger partial charge in [-0.05, 0) is 56.2 Å². The number of hydrogen-bond acceptors (Lipinski definition) is 5. The lowest BCUT2D eigenvalue weighted by Gasteiger charge is -2.19. The van der Waals surface area contributed by atoms with Crippen molar-refractivity contribution in [2.24, 2.45) is 5.92 Å². The van der Waals surface area contributed by atoms with Crippen LogP contribution in [-0.4, -0.2) is 32.1 Å². The molecule has 1 atom stereocenters. The van der Waals surface area contributed by atoms with Crippen LogP contribution in [0.5, 0.6) is 0 Å². The van der Waals surface area contributed by atoms with Crippen LogP contribution in [0.3, 0.4) is 0 Å². The molecule has 168 valence electrons. The monoisotopic (exact) mass is 454 g/mol.